The van der Waals surface area contributed by atoms with E-state index in [2.05, 4.69) is 13.8 Å². The van der Waals surface area contributed by atoms with Gasteiger partial charge in [0.15, 0.2) is 0 Å². The van der Waals surface area contributed by atoms with E-state index < -0.39 is 0 Å². The van der Waals surface area contributed by atoms with Crippen molar-refractivity contribution in [3.63, 3.8) is 0 Å². The average molecular weight is 200 g/mol. The summed E-state index contributed by atoms with van der Waals surface area (Å²) in [6.07, 6.45) is 5.90. The lowest BCUT2D eigenvalue weighted by Crippen LogP contribution is -2.16. The van der Waals surface area contributed by atoms with Gasteiger partial charge in [0, 0.05) is 0 Å². The molecule has 0 fully saturated rings. The van der Waals surface area contributed by atoms with Gasteiger partial charge in [-0.05, 0) is 12.3 Å². The van der Waals surface area contributed by atoms with E-state index in [1.54, 1.807) is 0 Å². The first-order chi connectivity index (χ1) is 6.65. The molecule has 0 aromatic heterocycles. The molecule has 0 heterocycles. The van der Waals surface area contributed by atoms with Crippen LogP contribution in [0.2, 0.25) is 0 Å². The molecule has 14 heavy (non-hydrogen) atoms. The SMILES string of the molecule is CCCCC(CC)CC(C)C(=O)OC. The van der Waals surface area contributed by atoms with Crippen molar-refractivity contribution in [2.45, 2.75) is 52.9 Å². The van der Waals surface area contributed by atoms with Crippen molar-refractivity contribution in [3.8, 4) is 0 Å². The highest BCUT2D eigenvalue weighted by atomic mass is 16.5. The van der Waals surface area contributed by atoms with Gasteiger partial charge in [-0.3, -0.25) is 4.79 Å². The first-order valence-electron chi connectivity index (χ1n) is 5.73. The predicted octanol–water partition coefficient (Wildman–Crippen LogP) is 3.40. The van der Waals surface area contributed by atoms with E-state index in [4.69, 9.17) is 4.74 Å². The van der Waals surface area contributed by atoms with Crippen LogP contribution in [-0.2, 0) is 9.53 Å². The van der Waals surface area contributed by atoms with Crippen molar-refractivity contribution in [1.82, 2.24) is 0 Å². The van der Waals surface area contributed by atoms with Crippen LogP contribution in [0.15, 0.2) is 0 Å². The molecular formula is C12H24O2. The number of carbonyl (C=O) groups is 1. The zero-order chi connectivity index (χ0) is 11.0. The molecule has 0 rings (SSSR count). The summed E-state index contributed by atoms with van der Waals surface area (Å²) in [6, 6.07) is 0. The van der Waals surface area contributed by atoms with Gasteiger partial charge in [-0.15, -0.1) is 0 Å². The third kappa shape index (κ3) is 5.25. The molecule has 0 radical (unpaired) electrons. The van der Waals surface area contributed by atoms with Crippen LogP contribution < -0.4 is 0 Å². The molecule has 0 bridgehead atoms. The van der Waals surface area contributed by atoms with Gasteiger partial charge >= 0.3 is 5.97 Å². The van der Waals surface area contributed by atoms with Crippen molar-refractivity contribution in [2.75, 3.05) is 7.11 Å². The molecule has 0 aromatic carbocycles. The first kappa shape index (κ1) is 13.5. The molecular weight excluding hydrogens is 176 g/mol. The van der Waals surface area contributed by atoms with Crippen LogP contribution in [0, 0.1) is 11.8 Å². The Balaban J connectivity index is 3.85. The minimum Gasteiger partial charge on any atom is -0.469 e. The van der Waals surface area contributed by atoms with Crippen LogP contribution in [0.5, 0.6) is 0 Å². The smallest absolute Gasteiger partial charge is 0.308 e. The van der Waals surface area contributed by atoms with Crippen LogP contribution in [0.1, 0.15) is 52.9 Å². The standard InChI is InChI=1S/C12H24O2/c1-5-7-8-11(6-2)9-10(3)12(13)14-4/h10-11H,5-9H2,1-4H3. The summed E-state index contributed by atoms with van der Waals surface area (Å²) >= 11 is 0. The van der Waals surface area contributed by atoms with Crippen molar-refractivity contribution in [1.29, 1.82) is 0 Å². The van der Waals surface area contributed by atoms with Crippen LogP contribution in [0.25, 0.3) is 0 Å². The monoisotopic (exact) mass is 200 g/mol. The highest BCUT2D eigenvalue weighted by molar-refractivity contribution is 5.71. The molecule has 0 aliphatic heterocycles. The second-order valence-electron chi connectivity index (χ2n) is 4.08. The van der Waals surface area contributed by atoms with E-state index in [1.165, 1.54) is 32.8 Å². The van der Waals surface area contributed by atoms with E-state index >= 15 is 0 Å². The quantitative estimate of drug-likeness (QED) is 0.589. The van der Waals surface area contributed by atoms with Crippen LogP contribution in [-0.4, -0.2) is 13.1 Å². The zero-order valence-corrected chi connectivity index (χ0v) is 10.0. The Bertz CT molecular complexity index is 154. The summed E-state index contributed by atoms with van der Waals surface area (Å²) in [7, 11) is 1.46. The van der Waals surface area contributed by atoms with Crippen LogP contribution >= 0.6 is 0 Å². The minimum absolute atomic E-state index is 0.0572. The number of esters is 1. The van der Waals surface area contributed by atoms with Gasteiger partial charge in [0.05, 0.1) is 13.0 Å². The van der Waals surface area contributed by atoms with E-state index in [1.807, 2.05) is 6.92 Å². The number of unbranched alkanes of at least 4 members (excludes halogenated alkanes) is 1. The number of methoxy groups -OCH3 is 1. The second-order valence-corrected chi connectivity index (χ2v) is 4.08. The molecule has 0 spiro atoms. The van der Waals surface area contributed by atoms with E-state index in [0.29, 0.717) is 5.92 Å². The zero-order valence-electron chi connectivity index (χ0n) is 10.0. The van der Waals surface area contributed by atoms with Gasteiger partial charge in [-0.1, -0.05) is 46.5 Å². The summed E-state index contributed by atoms with van der Waals surface area (Å²) in [6.45, 7) is 6.36. The van der Waals surface area contributed by atoms with Crippen molar-refractivity contribution in [2.24, 2.45) is 11.8 Å². The Labute approximate surface area is 88.0 Å². The van der Waals surface area contributed by atoms with Gasteiger partial charge in [0.2, 0.25) is 0 Å². The number of ether oxygens (including phenoxy) is 1. The van der Waals surface area contributed by atoms with Crippen molar-refractivity contribution < 1.29 is 9.53 Å². The molecule has 0 N–H and O–H groups in total. The van der Waals surface area contributed by atoms with Crippen LogP contribution in [0.3, 0.4) is 0 Å². The first-order valence-corrected chi connectivity index (χ1v) is 5.73. The van der Waals surface area contributed by atoms with Gasteiger partial charge < -0.3 is 4.74 Å². The molecule has 0 saturated heterocycles. The Morgan fingerprint density at radius 2 is 2.00 bits per heavy atom. The lowest BCUT2D eigenvalue weighted by Gasteiger charge is -2.17. The highest BCUT2D eigenvalue weighted by Crippen LogP contribution is 2.21. The molecule has 2 atom stereocenters. The fourth-order valence-electron chi connectivity index (χ4n) is 1.78. The van der Waals surface area contributed by atoms with Gasteiger partial charge in [-0.2, -0.15) is 0 Å². The number of carbonyl (C=O) groups excluding carboxylic acids is 1. The molecule has 0 saturated carbocycles. The summed E-state index contributed by atoms with van der Waals surface area (Å²) < 4.78 is 4.72. The number of hydrogen-bond acceptors (Lipinski definition) is 2. The molecule has 0 aromatic rings. The minimum atomic E-state index is -0.0695. The Hall–Kier alpha value is -0.530. The maximum absolute atomic E-state index is 11.2. The normalized spacial score (nSPS) is 14.9. The van der Waals surface area contributed by atoms with E-state index in [-0.39, 0.29) is 11.9 Å². The van der Waals surface area contributed by atoms with Gasteiger partial charge in [0.25, 0.3) is 0 Å². The Kier molecular flexibility index (Phi) is 7.54. The van der Waals surface area contributed by atoms with Crippen LogP contribution in [0.4, 0.5) is 0 Å². The van der Waals surface area contributed by atoms with E-state index in [9.17, 15) is 4.79 Å². The lowest BCUT2D eigenvalue weighted by molar-refractivity contribution is -0.145. The molecule has 2 unspecified atom stereocenters. The second kappa shape index (κ2) is 7.84. The molecule has 0 aliphatic carbocycles. The average Bonchev–Trinajstić information content (AvgIpc) is 2.22. The Morgan fingerprint density at radius 1 is 1.36 bits per heavy atom. The summed E-state index contributed by atoms with van der Waals surface area (Å²) in [5.41, 5.74) is 0. The number of hydrogen-bond donors (Lipinski definition) is 0. The van der Waals surface area contributed by atoms with Gasteiger partial charge in [0.1, 0.15) is 0 Å². The van der Waals surface area contributed by atoms with Crippen molar-refractivity contribution in [3.05, 3.63) is 0 Å². The predicted molar refractivity (Wildman–Crippen MR) is 59.1 cm³/mol. The third-order valence-corrected chi connectivity index (χ3v) is 2.83. The maximum Gasteiger partial charge on any atom is 0.308 e. The molecule has 0 amide bonds. The third-order valence-electron chi connectivity index (χ3n) is 2.83. The van der Waals surface area contributed by atoms with Gasteiger partial charge in [-0.25, -0.2) is 0 Å². The topological polar surface area (TPSA) is 26.3 Å². The molecule has 2 heteroatoms. The Morgan fingerprint density at radius 3 is 2.43 bits per heavy atom. The number of rotatable bonds is 7. The summed E-state index contributed by atoms with van der Waals surface area (Å²) in [5.74, 6) is 0.672. The van der Waals surface area contributed by atoms with Crippen molar-refractivity contribution >= 4 is 5.97 Å². The maximum atomic E-state index is 11.2. The molecule has 0 aliphatic rings. The molecule has 84 valence electrons. The largest absolute Gasteiger partial charge is 0.469 e. The molecule has 2 nitrogen and oxygen atoms in total. The highest BCUT2D eigenvalue weighted by Gasteiger charge is 2.17. The summed E-state index contributed by atoms with van der Waals surface area (Å²) in [4.78, 5) is 11.2. The fourth-order valence-corrected chi connectivity index (χ4v) is 1.78. The fraction of sp³-hybridized carbons (Fsp3) is 0.917. The van der Waals surface area contributed by atoms with E-state index in [0.717, 1.165) is 6.42 Å². The summed E-state index contributed by atoms with van der Waals surface area (Å²) in [5, 5.41) is 0. The lowest BCUT2D eigenvalue weighted by atomic mass is 9.89.